The number of rotatable bonds is 10. The molecule has 2 aliphatic carbocycles. The summed E-state index contributed by atoms with van der Waals surface area (Å²) in [5.41, 5.74) is 6.95. The molecule has 2 aromatic carbocycles. The molecule has 0 bridgehead atoms. The van der Waals surface area contributed by atoms with Crippen LogP contribution in [0, 0.1) is 18.3 Å². The molecular weight excluding hydrogens is 546 g/mol. The van der Waals surface area contributed by atoms with Crippen LogP contribution >= 0.6 is 0 Å². The van der Waals surface area contributed by atoms with E-state index in [4.69, 9.17) is 5.26 Å². The zero-order valence-corrected chi connectivity index (χ0v) is 28.7. The Morgan fingerprint density at radius 1 is 0.886 bits per heavy atom. The molecule has 6 heteroatoms. The third-order valence-corrected chi connectivity index (χ3v) is 5.84. The van der Waals surface area contributed by atoms with Gasteiger partial charge in [0.15, 0.2) is 18.8 Å². The van der Waals surface area contributed by atoms with E-state index >= 15 is 0 Å². The molecular formula is C38H58N3O3+. The van der Waals surface area contributed by atoms with Crippen LogP contribution in [0.25, 0.3) is 5.57 Å². The quantitative estimate of drug-likeness (QED) is 0.129. The van der Waals surface area contributed by atoms with Crippen LogP contribution in [0.1, 0.15) is 76.0 Å². The topological polar surface area (TPSA) is 68.7 Å². The molecule has 6 nitrogen and oxygen atoms in total. The van der Waals surface area contributed by atoms with Gasteiger partial charge in [0.2, 0.25) is 0 Å². The first-order chi connectivity index (χ1) is 21.4. The van der Waals surface area contributed by atoms with Crippen molar-refractivity contribution in [1.29, 1.82) is 5.26 Å². The van der Waals surface area contributed by atoms with Crippen molar-refractivity contribution in [2.45, 2.75) is 66.2 Å². The second-order valence-corrected chi connectivity index (χ2v) is 10.5. The van der Waals surface area contributed by atoms with Crippen molar-refractivity contribution in [3.05, 3.63) is 101 Å². The lowest BCUT2D eigenvalue weighted by Crippen LogP contribution is -2.24. The summed E-state index contributed by atoms with van der Waals surface area (Å²) in [5, 5.41) is 18.2. The van der Waals surface area contributed by atoms with Crippen molar-refractivity contribution in [1.82, 2.24) is 4.90 Å². The van der Waals surface area contributed by atoms with Gasteiger partial charge in [-0.05, 0) is 68.9 Å². The van der Waals surface area contributed by atoms with Gasteiger partial charge in [-0.25, -0.2) is 14.4 Å². The fraction of sp³-hybridized carbons (Fsp3) is 0.474. The number of aliphatic hydroxyl groups is 1. The molecule has 0 aromatic heterocycles. The largest absolute Gasteiger partial charge is 0.390 e. The number of nitrogens with zero attached hydrogens (tertiary/aromatic N) is 3. The summed E-state index contributed by atoms with van der Waals surface area (Å²) in [7, 11) is 7.52. The second-order valence-electron chi connectivity index (χ2n) is 10.5. The van der Waals surface area contributed by atoms with Crippen molar-refractivity contribution in [2.75, 3.05) is 54.6 Å². The Kier molecular flexibility index (Phi) is 25.2. The molecule has 0 heterocycles. The highest BCUT2D eigenvalue weighted by Gasteiger charge is 2.15. The first kappa shape index (κ1) is 40.7. The van der Waals surface area contributed by atoms with Gasteiger partial charge >= 0.3 is 0 Å². The van der Waals surface area contributed by atoms with Crippen molar-refractivity contribution in [3.8, 4) is 6.07 Å². The average Bonchev–Trinajstić information content (AvgIpc) is 3.93. The Labute approximate surface area is 268 Å². The smallest absolute Gasteiger partial charge is 0.200 e. The van der Waals surface area contributed by atoms with Crippen molar-refractivity contribution in [2.24, 2.45) is 0 Å². The van der Waals surface area contributed by atoms with E-state index < -0.39 is 0 Å². The maximum Gasteiger partial charge on any atom is 0.200 e. The maximum atomic E-state index is 9.33. The molecule has 0 radical (unpaired) electrons. The van der Waals surface area contributed by atoms with Crippen LogP contribution in [-0.2, 0) is 9.78 Å². The number of aliphatic hydroxyl groups excluding tert-OH is 1. The number of aryl methyl sites for hydroxylation is 1. The molecule has 242 valence electrons. The Bertz CT molecular complexity index is 1130. The highest BCUT2D eigenvalue weighted by atomic mass is 17.2. The molecule has 2 aliphatic rings. The molecule has 1 fully saturated rings. The minimum absolute atomic E-state index is 0.0674. The summed E-state index contributed by atoms with van der Waals surface area (Å²) in [6, 6.07) is 21.2. The predicted molar refractivity (Wildman–Crippen MR) is 187 cm³/mol. The highest BCUT2D eigenvalue weighted by molar-refractivity contribution is 6.04. The molecule has 44 heavy (non-hydrogen) atoms. The number of hydrogen-bond donors (Lipinski definition) is 1. The summed E-state index contributed by atoms with van der Waals surface area (Å²) in [5.74, 6) is 0. The number of unbranched alkanes of at least 4 members (excludes halogenated alkanes) is 1. The van der Waals surface area contributed by atoms with Gasteiger partial charge in [-0.1, -0.05) is 107 Å². The van der Waals surface area contributed by atoms with Crippen LogP contribution < -0.4 is 0 Å². The molecule has 0 amide bonds. The zero-order chi connectivity index (χ0) is 33.0. The Morgan fingerprint density at radius 2 is 1.43 bits per heavy atom. The van der Waals surface area contributed by atoms with Gasteiger partial charge < -0.3 is 10.0 Å². The minimum atomic E-state index is 0.0674. The first-order valence-corrected chi connectivity index (χ1v) is 16.0. The van der Waals surface area contributed by atoms with Gasteiger partial charge in [0.25, 0.3) is 0 Å². The number of benzene rings is 2. The molecule has 0 aliphatic heterocycles. The third-order valence-electron chi connectivity index (χ3n) is 5.84. The second kappa shape index (κ2) is 27.2. The fourth-order valence-corrected chi connectivity index (χ4v) is 3.63. The van der Waals surface area contributed by atoms with E-state index in [0.29, 0.717) is 26.1 Å². The number of allylic oxidation sites excluding steroid dienone is 5. The van der Waals surface area contributed by atoms with E-state index in [0.717, 1.165) is 24.1 Å². The summed E-state index contributed by atoms with van der Waals surface area (Å²) in [6.07, 6.45) is 15.5. The number of nitriles is 1. The molecule has 0 atom stereocenters. The van der Waals surface area contributed by atoms with Crippen LogP contribution in [0.4, 0.5) is 0 Å². The lowest BCUT2D eigenvalue weighted by Gasteiger charge is -2.14. The lowest BCUT2D eigenvalue weighted by atomic mass is 9.90. The molecule has 1 saturated carbocycles. The van der Waals surface area contributed by atoms with Gasteiger partial charge in [-0.3, -0.25) is 0 Å². The van der Waals surface area contributed by atoms with E-state index in [1.165, 1.54) is 48.6 Å². The van der Waals surface area contributed by atoms with Gasteiger partial charge in [0, 0.05) is 12.2 Å². The fourth-order valence-electron chi connectivity index (χ4n) is 3.63. The van der Waals surface area contributed by atoms with Crippen molar-refractivity contribution >= 4 is 11.3 Å². The summed E-state index contributed by atoms with van der Waals surface area (Å²) >= 11 is 0. The Hall–Kier alpha value is -3.34. The summed E-state index contributed by atoms with van der Waals surface area (Å²) in [6.45, 7) is 10.1. The van der Waals surface area contributed by atoms with Crippen LogP contribution in [-0.4, -0.2) is 74.8 Å². The van der Waals surface area contributed by atoms with Crippen LogP contribution in [0.5, 0.6) is 0 Å². The molecule has 4 rings (SSSR count). The molecule has 0 saturated heterocycles. The average molecular weight is 605 g/mol. The van der Waals surface area contributed by atoms with Crippen molar-refractivity contribution in [3.63, 3.8) is 0 Å². The zero-order valence-electron chi connectivity index (χ0n) is 28.7. The van der Waals surface area contributed by atoms with Crippen LogP contribution in [0.2, 0.25) is 0 Å². The summed E-state index contributed by atoms with van der Waals surface area (Å²) < 4.78 is 2.04. The van der Waals surface area contributed by atoms with Gasteiger partial charge in [0.05, 0.1) is 26.2 Å². The normalized spacial score (nSPS) is 12.2. The summed E-state index contributed by atoms with van der Waals surface area (Å²) in [4.78, 5) is 10.9. The van der Waals surface area contributed by atoms with E-state index in [1.807, 2.05) is 50.5 Å². The monoisotopic (exact) mass is 604 g/mol. The van der Waals surface area contributed by atoms with E-state index in [2.05, 4.69) is 103 Å². The molecule has 2 aromatic rings. The van der Waals surface area contributed by atoms with E-state index in [-0.39, 0.29) is 6.61 Å². The first-order valence-electron chi connectivity index (χ1n) is 16.0. The Morgan fingerprint density at radius 3 is 1.89 bits per heavy atom. The van der Waals surface area contributed by atoms with Gasteiger partial charge in [-0.2, -0.15) is 5.26 Å². The minimum Gasteiger partial charge on any atom is -0.390 e. The van der Waals surface area contributed by atoms with E-state index in [9.17, 15) is 5.11 Å². The predicted octanol–water partition coefficient (Wildman–Crippen LogP) is 8.02. The maximum absolute atomic E-state index is 9.33. The van der Waals surface area contributed by atoms with Gasteiger partial charge in [0.1, 0.15) is 6.61 Å². The van der Waals surface area contributed by atoms with Crippen LogP contribution in [0.15, 0.2) is 84.5 Å². The Balaban J connectivity index is 0.000000950. The lowest BCUT2D eigenvalue weighted by molar-refractivity contribution is -0.527. The van der Waals surface area contributed by atoms with Crippen molar-refractivity contribution < 1.29 is 19.5 Å². The molecule has 0 unspecified atom stereocenters. The third kappa shape index (κ3) is 19.8. The standard InChI is InChI=1S/C25H25N2O.C5H12O2.C3H9N.C3H6.C2H6/c1-20-8-10-22(11-9-20)25(21-6-3-2-4-7-21)23-12-14-24(15-13-23)27(18-19-28)17-5-16-26;1-3-4-5-7-6-2;1-4(2)3;1-2-3-1;1-2/h2-4,6-15,28H,5,17-19H2,1H3;3-5H2,1-2H3;1-3H3;1-3H2;1-2H3/q+1;;;;. The molecule has 1 N–H and O–H groups in total. The SMILES string of the molecule is C1CC1.CC.CCCCOOC.CN(C)C.Cc1ccc(C(=C2C=CC(=[N+](CCO)CCC#N)C=C2)c2ccccc2)cc1. The molecule has 0 spiro atoms. The van der Waals surface area contributed by atoms with E-state index in [1.54, 1.807) is 0 Å². The number of hydrogen-bond acceptors (Lipinski definition) is 5. The van der Waals surface area contributed by atoms with Crippen LogP contribution in [0.3, 0.4) is 0 Å². The highest BCUT2D eigenvalue weighted by Crippen LogP contribution is 2.29. The van der Waals surface area contributed by atoms with Gasteiger partial charge in [-0.15, -0.1) is 0 Å².